The zero-order valence-electron chi connectivity index (χ0n) is 13.6. The summed E-state index contributed by atoms with van der Waals surface area (Å²) < 4.78 is 1.82. The summed E-state index contributed by atoms with van der Waals surface area (Å²) in [5.74, 6) is 0.229. The van der Waals surface area contributed by atoms with E-state index in [4.69, 9.17) is 0 Å². The Bertz CT molecular complexity index is 629. The molecule has 0 spiro atoms. The van der Waals surface area contributed by atoms with Crippen LogP contribution >= 0.6 is 0 Å². The average molecular weight is 312 g/mol. The van der Waals surface area contributed by atoms with Gasteiger partial charge in [-0.25, -0.2) is 0 Å². The van der Waals surface area contributed by atoms with Gasteiger partial charge in [0.1, 0.15) is 0 Å². The number of aryl methyl sites for hydroxylation is 1. The van der Waals surface area contributed by atoms with E-state index in [9.17, 15) is 4.79 Å². The second-order valence-corrected chi connectivity index (χ2v) is 6.11. The molecular weight excluding hydrogens is 288 g/mol. The van der Waals surface area contributed by atoms with Crippen LogP contribution in [-0.2, 0) is 17.9 Å². The van der Waals surface area contributed by atoms with Crippen molar-refractivity contribution in [3.8, 4) is 0 Å². The second kappa shape index (κ2) is 7.42. The van der Waals surface area contributed by atoms with Gasteiger partial charge in [0.2, 0.25) is 5.91 Å². The van der Waals surface area contributed by atoms with Gasteiger partial charge in [-0.2, -0.15) is 5.10 Å². The molecule has 0 bridgehead atoms. The molecule has 5 heteroatoms. The maximum absolute atomic E-state index is 12.4. The van der Waals surface area contributed by atoms with Crippen LogP contribution in [0, 0.1) is 5.92 Å². The maximum Gasteiger partial charge on any atom is 0.227 e. The number of piperidine rings is 1. The molecule has 1 aromatic carbocycles. The molecule has 1 N–H and O–H groups in total. The zero-order chi connectivity index (χ0) is 16.1. The summed E-state index contributed by atoms with van der Waals surface area (Å²) in [6.07, 6.45) is 5.43. The maximum atomic E-state index is 12.4. The van der Waals surface area contributed by atoms with E-state index in [1.54, 1.807) is 6.20 Å². The number of carbonyl (C=O) groups is 1. The van der Waals surface area contributed by atoms with Crippen LogP contribution in [0.4, 0.5) is 5.69 Å². The molecule has 0 aliphatic carbocycles. The normalized spacial score (nSPS) is 16.4. The molecular formula is C18H24N4O. The fourth-order valence-corrected chi connectivity index (χ4v) is 3.04. The Kier molecular flexibility index (Phi) is 5.08. The number of aromatic nitrogens is 2. The number of carbonyl (C=O) groups excluding carboxylic acids is 1. The fraction of sp³-hybridized carbons (Fsp3) is 0.444. The predicted molar refractivity (Wildman–Crippen MR) is 91.0 cm³/mol. The van der Waals surface area contributed by atoms with E-state index in [-0.39, 0.29) is 11.8 Å². The number of rotatable bonds is 5. The summed E-state index contributed by atoms with van der Waals surface area (Å²) in [6, 6.07) is 10.5. The first-order valence-corrected chi connectivity index (χ1v) is 8.34. The second-order valence-electron chi connectivity index (χ2n) is 6.11. The van der Waals surface area contributed by atoms with Crippen LogP contribution in [0.25, 0.3) is 0 Å². The first kappa shape index (κ1) is 15.7. The van der Waals surface area contributed by atoms with Gasteiger partial charge in [-0.05, 0) is 38.4 Å². The Morgan fingerprint density at radius 3 is 2.65 bits per heavy atom. The largest absolute Gasteiger partial charge is 0.323 e. The Labute approximate surface area is 137 Å². The van der Waals surface area contributed by atoms with E-state index < -0.39 is 0 Å². The van der Waals surface area contributed by atoms with E-state index in [0.717, 1.165) is 44.7 Å². The first-order chi connectivity index (χ1) is 11.2. The Hall–Kier alpha value is -2.14. The molecule has 1 aromatic heterocycles. The van der Waals surface area contributed by atoms with E-state index >= 15 is 0 Å². The van der Waals surface area contributed by atoms with Crippen LogP contribution in [0.2, 0.25) is 0 Å². The van der Waals surface area contributed by atoms with Crippen LogP contribution < -0.4 is 5.32 Å². The molecule has 3 rings (SSSR count). The lowest BCUT2D eigenvalue weighted by Gasteiger charge is -2.31. The van der Waals surface area contributed by atoms with Gasteiger partial charge in [-0.1, -0.05) is 30.3 Å². The molecule has 1 aliphatic heterocycles. The number of benzene rings is 1. The highest BCUT2D eigenvalue weighted by atomic mass is 16.1. The van der Waals surface area contributed by atoms with Crippen molar-refractivity contribution in [2.75, 3.05) is 18.4 Å². The average Bonchev–Trinajstić information content (AvgIpc) is 3.04. The minimum atomic E-state index is 0.104. The van der Waals surface area contributed by atoms with Gasteiger partial charge in [0.25, 0.3) is 0 Å². The van der Waals surface area contributed by atoms with Crippen molar-refractivity contribution in [3.05, 3.63) is 48.3 Å². The number of likely N-dealkylation sites (tertiary alicyclic amines) is 1. The molecule has 2 aromatic rings. The molecule has 1 amide bonds. The highest BCUT2D eigenvalue weighted by Crippen LogP contribution is 2.20. The number of nitrogens with one attached hydrogen (secondary N) is 1. The van der Waals surface area contributed by atoms with Crippen molar-refractivity contribution < 1.29 is 4.79 Å². The van der Waals surface area contributed by atoms with Gasteiger partial charge in [0.05, 0.1) is 11.9 Å². The number of hydrogen-bond donors (Lipinski definition) is 1. The molecule has 0 unspecified atom stereocenters. The smallest absolute Gasteiger partial charge is 0.227 e. The van der Waals surface area contributed by atoms with Crippen molar-refractivity contribution in [1.29, 1.82) is 0 Å². The summed E-state index contributed by atoms with van der Waals surface area (Å²) in [4.78, 5) is 14.8. The van der Waals surface area contributed by atoms with Crippen molar-refractivity contribution in [1.82, 2.24) is 14.7 Å². The molecule has 1 fully saturated rings. The molecule has 0 atom stereocenters. The summed E-state index contributed by atoms with van der Waals surface area (Å²) >= 11 is 0. The third-order valence-electron chi connectivity index (χ3n) is 4.43. The van der Waals surface area contributed by atoms with Gasteiger partial charge < -0.3 is 5.32 Å². The summed E-state index contributed by atoms with van der Waals surface area (Å²) in [5.41, 5.74) is 2.13. The molecule has 0 radical (unpaired) electrons. The summed E-state index contributed by atoms with van der Waals surface area (Å²) in [6.45, 7) is 5.76. The van der Waals surface area contributed by atoms with Gasteiger partial charge in [-0.3, -0.25) is 14.4 Å². The molecule has 1 aliphatic rings. The quantitative estimate of drug-likeness (QED) is 0.923. The zero-order valence-corrected chi connectivity index (χ0v) is 13.6. The van der Waals surface area contributed by atoms with Crippen LogP contribution in [0.3, 0.4) is 0 Å². The molecule has 1 saturated heterocycles. The number of anilines is 1. The van der Waals surface area contributed by atoms with Crippen molar-refractivity contribution in [2.45, 2.75) is 32.9 Å². The lowest BCUT2D eigenvalue weighted by Crippen LogP contribution is -2.37. The van der Waals surface area contributed by atoms with Gasteiger partial charge in [0, 0.05) is 25.2 Å². The third kappa shape index (κ3) is 4.20. The predicted octanol–water partition coefficient (Wildman–Crippen LogP) is 2.75. The van der Waals surface area contributed by atoms with Crippen molar-refractivity contribution in [2.24, 2.45) is 5.92 Å². The number of amides is 1. The van der Waals surface area contributed by atoms with Gasteiger partial charge >= 0.3 is 0 Å². The van der Waals surface area contributed by atoms with Gasteiger partial charge in [-0.15, -0.1) is 0 Å². The number of hydrogen-bond acceptors (Lipinski definition) is 3. The van der Waals surface area contributed by atoms with E-state index in [1.807, 2.05) is 23.9 Å². The van der Waals surface area contributed by atoms with Crippen molar-refractivity contribution in [3.63, 3.8) is 0 Å². The molecule has 122 valence electrons. The lowest BCUT2D eigenvalue weighted by molar-refractivity contribution is -0.121. The molecule has 23 heavy (non-hydrogen) atoms. The minimum absolute atomic E-state index is 0.104. The van der Waals surface area contributed by atoms with Crippen LogP contribution in [0.1, 0.15) is 25.3 Å². The SMILES string of the molecule is CCn1cc(NC(=O)C2CCN(Cc3ccccc3)CC2)cn1. The van der Waals surface area contributed by atoms with Crippen LogP contribution in [-0.4, -0.2) is 33.7 Å². The Morgan fingerprint density at radius 2 is 2.00 bits per heavy atom. The van der Waals surface area contributed by atoms with E-state index in [1.165, 1.54) is 5.56 Å². The highest BCUT2D eigenvalue weighted by Gasteiger charge is 2.25. The van der Waals surface area contributed by atoms with Crippen LogP contribution in [0.15, 0.2) is 42.7 Å². The van der Waals surface area contributed by atoms with E-state index in [2.05, 4.69) is 39.6 Å². The lowest BCUT2D eigenvalue weighted by atomic mass is 9.95. The number of nitrogens with zero attached hydrogens (tertiary/aromatic N) is 3. The summed E-state index contributed by atoms with van der Waals surface area (Å²) in [7, 11) is 0. The standard InChI is InChI=1S/C18H24N4O/c1-2-22-14-17(12-19-22)20-18(23)16-8-10-21(11-9-16)13-15-6-4-3-5-7-15/h3-7,12,14,16H,2,8-11,13H2,1H3,(H,20,23). The molecule has 2 heterocycles. The minimum Gasteiger partial charge on any atom is -0.323 e. The topological polar surface area (TPSA) is 50.2 Å². The fourth-order valence-electron chi connectivity index (χ4n) is 3.04. The Balaban J connectivity index is 1.47. The van der Waals surface area contributed by atoms with Crippen molar-refractivity contribution >= 4 is 11.6 Å². The first-order valence-electron chi connectivity index (χ1n) is 8.34. The monoisotopic (exact) mass is 312 g/mol. The third-order valence-corrected chi connectivity index (χ3v) is 4.43. The summed E-state index contributed by atoms with van der Waals surface area (Å²) in [5, 5.41) is 7.18. The molecule has 5 nitrogen and oxygen atoms in total. The van der Waals surface area contributed by atoms with E-state index in [0.29, 0.717) is 0 Å². The Morgan fingerprint density at radius 1 is 1.26 bits per heavy atom. The highest BCUT2D eigenvalue weighted by molar-refractivity contribution is 5.92. The van der Waals surface area contributed by atoms with Crippen LogP contribution in [0.5, 0.6) is 0 Å². The molecule has 0 saturated carbocycles. The van der Waals surface area contributed by atoms with Gasteiger partial charge in [0.15, 0.2) is 0 Å².